The van der Waals surface area contributed by atoms with Gasteiger partial charge in [-0.15, -0.1) is 0 Å². The second kappa shape index (κ2) is 9.44. The van der Waals surface area contributed by atoms with Crippen LogP contribution in [0.25, 0.3) is 16.0 Å². The minimum atomic E-state index is -0.872. The molecule has 8 heteroatoms. The van der Waals surface area contributed by atoms with Crippen LogP contribution in [-0.2, 0) is 15.0 Å². The summed E-state index contributed by atoms with van der Waals surface area (Å²) in [5, 5.41) is 11.7. The van der Waals surface area contributed by atoms with Gasteiger partial charge in [0.1, 0.15) is 11.5 Å². The maximum atomic E-state index is 13.4. The maximum Gasteiger partial charge on any atom is 0.301 e. The number of carbonyl (C=O) groups excluding carboxylic acids is 2. The lowest BCUT2D eigenvalue weighted by Crippen LogP contribution is -2.29. The van der Waals surface area contributed by atoms with Crippen molar-refractivity contribution in [2.24, 2.45) is 0 Å². The summed E-state index contributed by atoms with van der Waals surface area (Å²) in [5.41, 5.74) is 2.85. The maximum absolute atomic E-state index is 13.4. The van der Waals surface area contributed by atoms with Crippen molar-refractivity contribution in [1.82, 2.24) is 9.97 Å². The summed E-state index contributed by atoms with van der Waals surface area (Å²) >= 11 is 1.35. The molecule has 3 heterocycles. The van der Waals surface area contributed by atoms with Crippen LogP contribution < -0.4 is 9.64 Å². The van der Waals surface area contributed by atoms with E-state index in [1.54, 1.807) is 48.8 Å². The van der Waals surface area contributed by atoms with E-state index in [0.29, 0.717) is 28.6 Å². The molecule has 2 aromatic carbocycles. The van der Waals surface area contributed by atoms with E-state index in [0.717, 1.165) is 15.8 Å². The molecular weight excluding hydrogens is 486 g/mol. The second-order valence-electron chi connectivity index (χ2n) is 9.84. The van der Waals surface area contributed by atoms with Gasteiger partial charge in [0.05, 0.1) is 28.4 Å². The number of aliphatic hydroxyl groups excluding tert-OH is 1. The van der Waals surface area contributed by atoms with Crippen LogP contribution in [0.4, 0.5) is 5.13 Å². The number of anilines is 1. The zero-order valence-corrected chi connectivity index (χ0v) is 21.9. The summed E-state index contributed by atoms with van der Waals surface area (Å²) in [6.07, 6.45) is 3.22. The SMILES string of the molecule is CCOc1ccc(/C(O)=C2\C(=O)C(=O)N(c3nc4ccc(C(C)(C)C)cc4s3)C2c2cccnc2)cc1. The summed E-state index contributed by atoms with van der Waals surface area (Å²) in [4.78, 5) is 37.1. The van der Waals surface area contributed by atoms with E-state index in [9.17, 15) is 14.7 Å². The largest absolute Gasteiger partial charge is 0.507 e. The minimum absolute atomic E-state index is 0.00297. The number of aliphatic hydroxyl groups is 1. The average molecular weight is 514 g/mol. The van der Waals surface area contributed by atoms with Crippen molar-refractivity contribution < 1.29 is 19.4 Å². The van der Waals surface area contributed by atoms with Gasteiger partial charge in [-0.3, -0.25) is 19.5 Å². The Morgan fingerprint density at radius 3 is 2.51 bits per heavy atom. The third-order valence-corrected chi connectivity index (χ3v) is 7.35. The number of thiazole rings is 1. The molecule has 1 saturated heterocycles. The van der Waals surface area contributed by atoms with Crippen molar-refractivity contribution in [3.63, 3.8) is 0 Å². The summed E-state index contributed by atoms with van der Waals surface area (Å²) in [7, 11) is 0. The number of ketones is 1. The first kappa shape index (κ1) is 24.6. The molecule has 1 N–H and O–H groups in total. The van der Waals surface area contributed by atoms with Gasteiger partial charge >= 0.3 is 5.91 Å². The molecule has 1 unspecified atom stereocenters. The van der Waals surface area contributed by atoms with Crippen LogP contribution in [0.2, 0.25) is 0 Å². The fourth-order valence-corrected chi connectivity index (χ4v) is 5.43. The number of hydrogen-bond acceptors (Lipinski definition) is 7. The molecule has 1 amide bonds. The van der Waals surface area contributed by atoms with Crippen LogP contribution in [0.1, 0.15) is 50.4 Å². The topological polar surface area (TPSA) is 92.6 Å². The van der Waals surface area contributed by atoms with E-state index in [-0.39, 0.29) is 16.7 Å². The monoisotopic (exact) mass is 513 g/mol. The van der Waals surface area contributed by atoms with Crippen LogP contribution in [0.5, 0.6) is 5.75 Å². The predicted molar refractivity (Wildman–Crippen MR) is 145 cm³/mol. The highest BCUT2D eigenvalue weighted by Gasteiger charge is 2.48. The van der Waals surface area contributed by atoms with Gasteiger partial charge in [-0.2, -0.15) is 0 Å². The molecule has 4 aromatic rings. The Bertz CT molecular complexity index is 1520. The van der Waals surface area contributed by atoms with E-state index in [1.807, 2.05) is 19.1 Å². The highest BCUT2D eigenvalue weighted by atomic mass is 32.1. The third kappa shape index (κ3) is 4.49. The number of ether oxygens (including phenoxy) is 1. The zero-order chi connectivity index (χ0) is 26.3. The van der Waals surface area contributed by atoms with E-state index in [2.05, 4.69) is 31.8 Å². The third-order valence-electron chi connectivity index (χ3n) is 6.33. The molecule has 1 aliphatic rings. The van der Waals surface area contributed by atoms with Crippen molar-refractivity contribution in [2.75, 3.05) is 11.5 Å². The quantitative estimate of drug-likeness (QED) is 0.199. The van der Waals surface area contributed by atoms with E-state index in [1.165, 1.54) is 16.2 Å². The number of pyridine rings is 1. The number of carbonyl (C=O) groups is 2. The molecule has 0 saturated carbocycles. The Kier molecular flexibility index (Phi) is 6.29. The standard InChI is InChI=1S/C29H27N3O4S/c1-5-36-20-11-8-17(9-12-20)25(33)23-24(18-7-6-14-30-16-18)32(27(35)26(23)34)28-31-21-13-10-19(29(2,3)4)15-22(21)37-28/h6-16,24,33H,5H2,1-4H3/b25-23+. The van der Waals surface area contributed by atoms with Gasteiger partial charge in [0.2, 0.25) is 0 Å². The van der Waals surface area contributed by atoms with E-state index >= 15 is 0 Å². The molecule has 7 nitrogen and oxygen atoms in total. The van der Waals surface area contributed by atoms with Crippen LogP contribution in [0, 0.1) is 0 Å². The van der Waals surface area contributed by atoms with Gasteiger partial charge in [0, 0.05) is 18.0 Å². The molecule has 0 spiro atoms. The number of Topliss-reactive ketones (excluding diaryl/α,β-unsaturated/α-hetero) is 1. The molecule has 1 fully saturated rings. The Morgan fingerprint density at radius 1 is 1.11 bits per heavy atom. The molecule has 188 valence electrons. The first-order valence-corrected chi connectivity index (χ1v) is 12.9. The molecule has 1 aliphatic heterocycles. The zero-order valence-electron chi connectivity index (χ0n) is 21.1. The van der Waals surface area contributed by atoms with Crippen molar-refractivity contribution in [2.45, 2.75) is 39.2 Å². The number of benzene rings is 2. The van der Waals surface area contributed by atoms with Crippen molar-refractivity contribution in [3.8, 4) is 5.75 Å². The van der Waals surface area contributed by atoms with Gasteiger partial charge < -0.3 is 9.84 Å². The summed E-state index contributed by atoms with van der Waals surface area (Å²) in [6.45, 7) is 8.81. The Balaban J connectivity index is 1.65. The van der Waals surface area contributed by atoms with E-state index in [4.69, 9.17) is 9.72 Å². The number of fused-ring (bicyclic) bond motifs is 1. The lowest BCUT2D eigenvalue weighted by Gasteiger charge is -2.22. The number of rotatable bonds is 5. The highest BCUT2D eigenvalue weighted by Crippen LogP contribution is 2.44. The summed E-state index contributed by atoms with van der Waals surface area (Å²) in [5.74, 6) is -1.12. The highest BCUT2D eigenvalue weighted by molar-refractivity contribution is 7.22. The van der Waals surface area contributed by atoms with Crippen molar-refractivity contribution in [1.29, 1.82) is 0 Å². The number of nitrogens with zero attached hydrogens (tertiary/aromatic N) is 3. The van der Waals surface area contributed by atoms with Gasteiger partial charge in [-0.25, -0.2) is 4.98 Å². The van der Waals surface area contributed by atoms with Gasteiger partial charge in [-0.05, 0) is 65.9 Å². The van der Waals surface area contributed by atoms with Crippen LogP contribution >= 0.6 is 11.3 Å². The number of hydrogen-bond donors (Lipinski definition) is 1. The second-order valence-corrected chi connectivity index (χ2v) is 10.9. The van der Waals surface area contributed by atoms with Gasteiger partial charge in [0.15, 0.2) is 5.13 Å². The van der Waals surface area contributed by atoms with Crippen molar-refractivity contribution in [3.05, 3.63) is 89.3 Å². The Labute approximate surface area is 219 Å². The van der Waals surface area contributed by atoms with Gasteiger partial charge in [0.25, 0.3) is 5.78 Å². The van der Waals surface area contributed by atoms with Gasteiger partial charge in [-0.1, -0.05) is 44.2 Å². The Morgan fingerprint density at radius 2 is 1.86 bits per heavy atom. The lowest BCUT2D eigenvalue weighted by molar-refractivity contribution is -0.132. The molecule has 5 rings (SSSR count). The lowest BCUT2D eigenvalue weighted by atomic mass is 9.87. The first-order valence-electron chi connectivity index (χ1n) is 12.0. The predicted octanol–water partition coefficient (Wildman–Crippen LogP) is 6.01. The smallest absolute Gasteiger partial charge is 0.301 e. The molecule has 37 heavy (non-hydrogen) atoms. The molecule has 0 aliphatic carbocycles. The van der Waals surface area contributed by atoms with Crippen molar-refractivity contribution >= 4 is 44.1 Å². The number of amides is 1. The molecule has 1 atom stereocenters. The fraction of sp³-hybridized carbons (Fsp3) is 0.241. The van der Waals surface area contributed by atoms with E-state index < -0.39 is 17.7 Å². The summed E-state index contributed by atoms with van der Waals surface area (Å²) in [6, 6.07) is 15.5. The van der Waals surface area contributed by atoms with Crippen LogP contribution in [0.3, 0.4) is 0 Å². The van der Waals surface area contributed by atoms with Crippen LogP contribution in [-0.4, -0.2) is 33.4 Å². The molecular formula is C29H27N3O4S. The molecule has 0 radical (unpaired) electrons. The van der Waals surface area contributed by atoms with Crippen LogP contribution in [0.15, 0.2) is 72.6 Å². The first-order chi connectivity index (χ1) is 17.7. The summed E-state index contributed by atoms with van der Waals surface area (Å²) < 4.78 is 6.40. The Hall–Kier alpha value is -4.04. The molecule has 2 aromatic heterocycles. The minimum Gasteiger partial charge on any atom is -0.507 e. The fourth-order valence-electron chi connectivity index (χ4n) is 4.40. The normalized spacial score (nSPS) is 17.5. The average Bonchev–Trinajstić information content (AvgIpc) is 3.42. The number of aromatic nitrogens is 2. The molecule has 0 bridgehead atoms.